The quantitative estimate of drug-likeness (QED) is 0.741. The predicted octanol–water partition coefficient (Wildman–Crippen LogP) is 5.82. The molecule has 1 aromatic carbocycles. The number of aliphatic hydroxyl groups excluding tert-OH is 1. The Kier molecular flexibility index (Phi) is 3.97. The maximum Gasteiger partial charge on any atom is 0.0682 e. The minimum Gasteiger partial charge on any atom is -0.392 e. The van der Waals surface area contributed by atoms with Gasteiger partial charge in [-0.2, -0.15) is 0 Å². The zero-order chi connectivity index (χ0) is 18.0. The predicted molar refractivity (Wildman–Crippen MR) is 107 cm³/mol. The van der Waals surface area contributed by atoms with Crippen molar-refractivity contribution in [1.29, 1.82) is 0 Å². The van der Waals surface area contributed by atoms with E-state index in [9.17, 15) is 5.11 Å². The number of rotatable bonds is 3. The van der Waals surface area contributed by atoms with Crippen molar-refractivity contribution in [2.45, 2.75) is 77.9 Å². The van der Waals surface area contributed by atoms with Gasteiger partial charge in [-0.1, -0.05) is 19.4 Å². The highest BCUT2D eigenvalue weighted by atomic mass is 16.3. The molecule has 5 atom stereocenters. The Hall–Kier alpha value is -1.28. The lowest BCUT2D eigenvalue weighted by Gasteiger charge is -2.52. The Balaban J connectivity index is 1.75. The molecule has 0 aliphatic heterocycles. The van der Waals surface area contributed by atoms with Crippen LogP contribution in [0.5, 0.6) is 0 Å². The van der Waals surface area contributed by atoms with Gasteiger partial charge in [0.2, 0.25) is 0 Å². The number of aryl methyl sites for hydroxylation is 1. The zero-order valence-corrected chi connectivity index (χ0v) is 16.5. The fourth-order valence-corrected chi connectivity index (χ4v) is 7.16. The van der Waals surface area contributed by atoms with Crippen LogP contribution in [0.3, 0.4) is 0 Å². The van der Waals surface area contributed by atoms with Gasteiger partial charge in [0.15, 0.2) is 0 Å². The molecule has 0 amide bonds. The highest BCUT2D eigenvalue weighted by Gasteiger charge is 2.50. The van der Waals surface area contributed by atoms with Crippen molar-refractivity contribution in [3.05, 3.63) is 35.0 Å². The number of benzene rings is 1. The van der Waals surface area contributed by atoms with Crippen LogP contribution in [0, 0.1) is 23.7 Å². The van der Waals surface area contributed by atoms with E-state index in [2.05, 4.69) is 43.5 Å². The summed E-state index contributed by atoms with van der Waals surface area (Å²) >= 11 is 0. The molecule has 3 saturated carbocycles. The van der Waals surface area contributed by atoms with Crippen molar-refractivity contribution in [3.63, 3.8) is 0 Å². The fourth-order valence-electron chi connectivity index (χ4n) is 7.16. The van der Waals surface area contributed by atoms with Gasteiger partial charge in [0.25, 0.3) is 0 Å². The van der Waals surface area contributed by atoms with E-state index in [1.807, 2.05) is 0 Å². The molecule has 140 valence electrons. The van der Waals surface area contributed by atoms with Gasteiger partial charge in [0.1, 0.15) is 0 Å². The van der Waals surface area contributed by atoms with Crippen LogP contribution in [-0.4, -0.2) is 9.67 Å². The summed E-state index contributed by atoms with van der Waals surface area (Å²) in [5, 5.41) is 11.1. The molecule has 6 rings (SSSR count). The Labute approximate surface area is 157 Å². The van der Waals surface area contributed by atoms with Crippen molar-refractivity contribution in [3.8, 4) is 0 Å². The molecule has 3 fully saturated rings. The third-order valence-electron chi connectivity index (χ3n) is 7.97. The smallest absolute Gasteiger partial charge is 0.0682 e. The first kappa shape index (κ1) is 16.9. The van der Waals surface area contributed by atoms with E-state index < -0.39 is 0 Å². The summed E-state index contributed by atoms with van der Waals surface area (Å²) in [5.41, 5.74) is 5.76. The lowest BCUT2D eigenvalue weighted by Crippen LogP contribution is -2.42. The average molecular weight is 352 g/mol. The standard InChI is InChI=1S/C24H33NO/c1-4-17-9-16-10-18-6-7-19-20-11-15(13-26)5-8-22(20)25(14(2)3)24(19)21(12-16)23(17)18/h5,8,11,14,16-18,21,23,26H,4,6-7,9-10,12-13H2,1-3H3/t16?,17-,18-,21+,23?/m0/s1. The summed E-state index contributed by atoms with van der Waals surface area (Å²) in [7, 11) is 0. The second kappa shape index (κ2) is 6.12. The second-order valence-electron chi connectivity index (χ2n) is 9.56. The molecule has 4 bridgehead atoms. The van der Waals surface area contributed by atoms with Gasteiger partial charge in [-0.15, -0.1) is 0 Å². The third-order valence-corrected chi connectivity index (χ3v) is 7.97. The maximum atomic E-state index is 9.67. The molecule has 0 radical (unpaired) electrons. The number of hydrogen-bond donors (Lipinski definition) is 1. The summed E-state index contributed by atoms with van der Waals surface area (Å²) < 4.78 is 2.67. The summed E-state index contributed by atoms with van der Waals surface area (Å²) in [5.74, 6) is 4.52. The van der Waals surface area contributed by atoms with E-state index in [1.54, 1.807) is 11.3 Å². The Bertz CT molecular complexity index is 832. The monoisotopic (exact) mass is 351 g/mol. The zero-order valence-electron chi connectivity index (χ0n) is 16.5. The highest BCUT2D eigenvalue weighted by Crippen LogP contribution is 2.60. The molecule has 4 aliphatic rings. The van der Waals surface area contributed by atoms with E-state index >= 15 is 0 Å². The molecule has 1 N–H and O–H groups in total. The molecule has 0 saturated heterocycles. The molecular formula is C24H33NO. The van der Waals surface area contributed by atoms with Gasteiger partial charge in [-0.05, 0) is 92.9 Å². The Morgan fingerprint density at radius 1 is 1.19 bits per heavy atom. The summed E-state index contributed by atoms with van der Waals surface area (Å²) in [6.07, 6.45) is 8.37. The van der Waals surface area contributed by atoms with E-state index in [0.29, 0.717) is 6.04 Å². The van der Waals surface area contributed by atoms with Crippen molar-refractivity contribution in [2.75, 3.05) is 0 Å². The highest BCUT2D eigenvalue weighted by molar-refractivity contribution is 5.87. The average Bonchev–Trinajstić information content (AvgIpc) is 2.93. The number of nitrogens with zero attached hydrogens (tertiary/aromatic N) is 1. The van der Waals surface area contributed by atoms with Gasteiger partial charge < -0.3 is 9.67 Å². The van der Waals surface area contributed by atoms with Crippen LogP contribution < -0.4 is 0 Å². The molecule has 2 nitrogen and oxygen atoms in total. The molecule has 1 heterocycles. The lowest BCUT2D eigenvalue weighted by atomic mass is 9.54. The molecule has 1 aromatic heterocycles. The maximum absolute atomic E-state index is 9.67. The van der Waals surface area contributed by atoms with E-state index in [-0.39, 0.29) is 6.61 Å². The summed E-state index contributed by atoms with van der Waals surface area (Å²) in [6, 6.07) is 7.16. The summed E-state index contributed by atoms with van der Waals surface area (Å²) in [4.78, 5) is 0. The van der Waals surface area contributed by atoms with Crippen molar-refractivity contribution in [1.82, 2.24) is 4.57 Å². The van der Waals surface area contributed by atoms with Crippen LogP contribution in [-0.2, 0) is 13.0 Å². The lowest BCUT2D eigenvalue weighted by molar-refractivity contribution is 0.0106. The van der Waals surface area contributed by atoms with E-state index in [0.717, 1.165) is 35.2 Å². The van der Waals surface area contributed by atoms with E-state index in [1.165, 1.54) is 49.4 Å². The molecule has 2 aromatic rings. The largest absolute Gasteiger partial charge is 0.392 e. The minimum atomic E-state index is 0.145. The Morgan fingerprint density at radius 3 is 2.77 bits per heavy atom. The SMILES string of the molecule is CC[C@H]1CC2C[C@@H]3CCc4c(n(C(C)C)c5ccc(CO)cc45)[C@H](C2)C13. The van der Waals surface area contributed by atoms with Crippen molar-refractivity contribution in [2.24, 2.45) is 23.7 Å². The Morgan fingerprint density at radius 2 is 2.04 bits per heavy atom. The van der Waals surface area contributed by atoms with Gasteiger partial charge >= 0.3 is 0 Å². The second-order valence-corrected chi connectivity index (χ2v) is 9.56. The minimum absolute atomic E-state index is 0.145. The number of hydrogen-bond acceptors (Lipinski definition) is 1. The van der Waals surface area contributed by atoms with Gasteiger partial charge in [0.05, 0.1) is 6.61 Å². The normalized spacial score (nSPS) is 32.9. The molecular weight excluding hydrogens is 318 g/mol. The molecule has 0 spiro atoms. The number of fused-ring (bicyclic) bond motifs is 4. The molecule has 26 heavy (non-hydrogen) atoms. The topological polar surface area (TPSA) is 25.2 Å². The number of aromatic nitrogens is 1. The molecule has 2 heteroatoms. The van der Waals surface area contributed by atoms with Crippen LogP contribution in [0.15, 0.2) is 18.2 Å². The van der Waals surface area contributed by atoms with E-state index in [4.69, 9.17) is 0 Å². The first-order valence-electron chi connectivity index (χ1n) is 10.9. The number of aliphatic hydroxyl groups is 1. The van der Waals surface area contributed by atoms with Gasteiger partial charge in [-0.3, -0.25) is 0 Å². The fraction of sp³-hybridized carbons (Fsp3) is 0.667. The first-order valence-corrected chi connectivity index (χ1v) is 10.9. The van der Waals surface area contributed by atoms with Crippen LogP contribution in [0.1, 0.15) is 81.7 Å². The van der Waals surface area contributed by atoms with Gasteiger partial charge in [0, 0.05) is 28.6 Å². The van der Waals surface area contributed by atoms with Gasteiger partial charge in [-0.25, -0.2) is 0 Å². The van der Waals surface area contributed by atoms with Crippen LogP contribution >= 0.6 is 0 Å². The first-order chi connectivity index (χ1) is 12.6. The molecule has 4 aliphatic carbocycles. The van der Waals surface area contributed by atoms with Crippen LogP contribution in [0.4, 0.5) is 0 Å². The van der Waals surface area contributed by atoms with Crippen LogP contribution in [0.2, 0.25) is 0 Å². The van der Waals surface area contributed by atoms with Crippen LogP contribution in [0.25, 0.3) is 10.9 Å². The van der Waals surface area contributed by atoms with Crippen molar-refractivity contribution >= 4 is 10.9 Å². The van der Waals surface area contributed by atoms with Crippen molar-refractivity contribution < 1.29 is 5.11 Å². The summed E-state index contributed by atoms with van der Waals surface area (Å²) in [6.45, 7) is 7.26. The molecule has 2 unspecified atom stereocenters. The third kappa shape index (κ3) is 2.27.